The van der Waals surface area contributed by atoms with Gasteiger partial charge in [-0.15, -0.1) is 0 Å². The number of hydrogen-bond acceptors (Lipinski definition) is 6. The van der Waals surface area contributed by atoms with Crippen LogP contribution in [-0.4, -0.2) is 42.6 Å². The summed E-state index contributed by atoms with van der Waals surface area (Å²) in [5, 5.41) is 2.26. The van der Waals surface area contributed by atoms with Gasteiger partial charge < -0.3 is 20.5 Å². The second-order valence-corrected chi connectivity index (χ2v) is 5.48. The highest BCUT2D eigenvalue weighted by Crippen LogP contribution is 2.07. The van der Waals surface area contributed by atoms with Crippen molar-refractivity contribution in [2.75, 3.05) is 19.7 Å². The molecule has 0 saturated carbocycles. The number of hydrogen-bond donors (Lipinski definition) is 3. The van der Waals surface area contributed by atoms with E-state index in [4.69, 9.17) is 15.2 Å². The van der Waals surface area contributed by atoms with Crippen LogP contribution in [0, 0.1) is 0 Å². The monoisotopic (exact) mass is 278 g/mol. The lowest BCUT2D eigenvalue weighted by Gasteiger charge is -2.19. The lowest BCUT2D eigenvalue weighted by atomic mass is 10.2. The van der Waals surface area contributed by atoms with E-state index in [9.17, 15) is 9.59 Å². The topological polar surface area (TPSA) is 90.6 Å². The van der Waals surface area contributed by atoms with Crippen molar-refractivity contribution in [1.29, 1.82) is 0 Å². The first-order chi connectivity index (χ1) is 8.24. The SMILES string of the molecule is CC(C)(C)OC(=O)CCNC(=O)OCC(S)CN. The third-order valence-electron chi connectivity index (χ3n) is 1.70. The second-order valence-electron chi connectivity index (χ2n) is 4.75. The molecule has 3 N–H and O–H groups in total. The largest absolute Gasteiger partial charge is 0.460 e. The Hall–Kier alpha value is -0.950. The molecule has 0 saturated heterocycles. The van der Waals surface area contributed by atoms with Crippen LogP contribution < -0.4 is 11.1 Å². The molecule has 0 aromatic rings. The molecule has 6 nitrogen and oxygen atoms in total. The van der Waals surface area contributed by atoms with Crippen molar-refractivity contribution in [3.8, 4) is 0 Å². The summed E-state index contributed by atoms with van der Waals surface area (Å²) in [7, 11) is 0. The molecule has 18 heavy (non-hydrogen) atoms. The standard InChI is InChI=1S/C11H22N2O4S/c1-11(2,3)17-9(14)4-5-13-10(15)16-7-8(18)6-12/h8,18H,4-7,12H2,1-3H3,(H,13,15). The van der Waals surface area contributed by atoms with Crippen LogP contribution in [0.1, 0.15) is 27.2 Å². The summed E-state index contributed by atoms with van der Waals surface area (Å²) in [5.41, 5.74) is 4.79. The summed E-state index contributed by atoms with van der Waals surface area (Å²) in [5.74, 6) is -0.364. The van der Waals surface area contributed by atoms with Gasteiger partial charge in [0.15, 0.2) is 0 Å². The molecule has 0 heterocycles. The van der Waals surface area contributed by atoms with Crippen LogP contribution >= 0.6 is 12.6 Å². The molecule has 0 aliphatic heterocycles. The Kier molecular flexibility index (Phi) is 7.77. The minimum absolute atomic E-state index is 0.105. The molecule has 0 aromatic carbocycles. The van der Waals surface area contributed by atoms with Gasteiger partial charge >= 0.3 is 12.1 Å². The first-order valence-corrected chi connectivity index (χ1v) is 6.27. The predicted molar refractivity (Wildman–Crippen MR) is 71.6 cm³/mol. The number of nitrogens with two attached hydrogens (primary N) is 1. The van der Waals surface area contributed by atoms with E-state index in [1.165, 1.54) is 0 Å². The van der Waals surface area contributed by atoms with Crippen molar-refractivity contribution in [3.05, 3.63) is 0 Å². The predicted octanol–water partition coefficient (Wildman–Crippen LogP) is 0.702. The number of carbonyl (C=O) groups excluding carboxylic acids is 2. The van der Waals surface area contributed by atoms with Crippen molar-refractivity contribution in [2.45, 2.75) is 38.0 Å². The van der Waals surface area contributed by atoms with E-state index in [2.05, 4.69) is 17.9 Å². The summed E-state index contributed by atoms with van der Waals surface area (Å²) in [6, 6.07) is 0. The average Bonchev–Trinajstić information content (AvgIpc) is 2.23. The molecule has 1 atom stereocenters. The Morgan fingerprint density at radius 1 is 1.39 bits per heavy atom. The van der Waals surface area contributed by atoms with E-state index in [-0.39, 0.29) is 30.8 Å². The van der Waals surface area contributed by atoms with E-state index < -0.39 is 11.7 Å². The number of ether oxygens (including phenoxy) is 2. The van der Waals surface area contributed by atoms with Gasteiger partial charge in [0.2, 0.25) is 0 Å². The van der Waals surface area contributed by atoms with Gasteiger partial charge in [-0.1, -0.05) is 0 Å². The molecule has 0 aromatic heterocycles. The summed E-state index contributed by atoms with van der Waals surface area (Å²) >= 11 is 4.07. The van der Waals surface area contributed by atoms with E-state index in [1.807, 2.05) is 0 Å². The van der Waals surface area contributed by atoms with Crippen LogP contribution in [0.5, 0.6) is 0 Å². The lowest BCUT2D eigenvalue weighted by molar-refractivity contribution is -0.154. The van der Waals surface area contributed by atoms with Crippen LogP contribution in [-0.2, 0) is 14.3 Å². The Morgan fingerprint density at radius 3 is 2.50 bits per heavy atom. The van der Waals surface area contributed by atoms with Gasteiger partial charge in [0, 0.05) is 18.3 Å². The first kappa shape index (κ1) is 17.1. The molecule has 106 valence electrons. The summed E-state index contributed by atoms with van der Waals surface area (Å²) in [4.78, 5) is 22.5. The third kappa shape index (κ3) is 10.2. The number of alkyl carbamates (subject to hydrolysis) is 1. The number of amides is 1. The van der Waals surface area contributed by atoms with Crippen molar-refractivity contribution >= 4 is 24.7 Å². The Bertz CT molecular complexity index is 279. The molecule has 0 aliphatic carbocycles. The summed E-state index contributed by atoms with van der Waals surface area (Å²) in [6.45, 7) is 5.99. The molecule has 0 radical (unpaired) electrons. The van der Waals surface area contributed by atoms with E-state index in [0.717, 1.165) is 0 Å². The molecule has 1 amide bonds. The normalized spacial score (nSPS) is 12.7. The zero-order chi connectivity index (χ0) is 14.2. The Labute approximate surface area is 113 Å². The third-order valence-corrected chi connectivity index (χ3v) is 2.06. The van der Waals surface area contributed by atoms with Crippen molar-refractivity contribution in [2.24, 2.45) is 5.73 Å². The minimum atomic E-state index is -0.592. The van der Waals surface area contributed by atoms with E-state index in [0.29, 0.717) is 6.54 Å². The molecule has 0 aliphatic rings. The van der Waals surface area contributed by atoms with Gasteiger partial charge in [-0.05, 0) is 20.8 Å². The highest BCUT2D eigenvalue weighted by Gasteiger charge is 2.16. The molecule has 0 fully saturated rings. The Balaban J connectivity index is 3.65. The molecule has 7 heteroatoms. The molecule has 0 spiro atoms. The molecular weight excluding hydrogens is 256 g/mol. The van der Waals surface area contributed by atoms with Crippen LogP contribution in [0.25, 0.3) is 0 Å². The van der Waals surface area contributed by atoms with Gasteiger partial charge in [0.1, 0.15) is 12.2 Å². The van der Waals surface area contributed by atoms with Gasteiger partial charge in [0.25, 0.3) is 0 Å². The highest BCUT2D eigenvalue weighted by atomic mass is 32.1. The quantitative estimate of drug-likeness (QED) is 0.491. The molecule has 1 unspecified atom stereocenters. The van der Waals surface area contributed by atoms with Crippen LogP contribution in [0.3, 0.4) is 0 Å². The van der Waals surface area contributed by atoms with Crippen molar-refractivity contribution in [3.63, 3.8) is 0 Å². The van der Waals surface area contributed by atoms with Crippen LogP contribution in [0.15, 0.2) is 0 Å². The number of nitrogens with one attached hydrogen (secondary N) is 1. The lowest BCUT2D eigenvalue weighted by Crippen LogP contribution is -2.32. The average molecular weight is 278 g/mol. The number of carbonyl (C=O) groups is 2. The zero-order valence-electron chi connectivity index (χ0n) is 11.1. The maximum Gasteiger partial charge on any atom is 0.407 e. The zero-order valence-corrected chi connectivity index (χ0v) is 12.0. The highest BCUT2D eigenvalue weighted by molar-refractivity contribution is 7.81. The number of esters is 1. The van der Waals surface area contributed by atoms with Crippen molar-refractivity contribution in [1.82, 2.24) is 5.32 Å². The van der Waals surface area contributed by atoms with Crippen LogP contribution in [0.4, 0.5) is 4.79 Å². The first-order valence-electron chi connectivity index (χ1n) is 5.75. The smallest absolute Gasteiger partial charge is 0.407 e. The Morgan fingerprint density at radius 2 is 2.00 bits per heavy atom. The fraction of sp³-hybridized carbons (Fsp3) is 0.818. The molecule has 0 bridgehead atoms. The van der Waals surface area contributed by atoms with Gasteiger partial charge in [-0.2, -0.15) is 12.6 Å². The minimum Gasteiger partial charge on any atom is -0.460 e. The van der Waals surface area contributed by atoms with Gasteiger partial charge in [0.05, 0.1) is 6.42 Å². The summed E-state index contributed by atoms with van der Waals surface area (Å²) < 4.78 is 9.89. The summed E-state index contributed by atoms with van der Waals surface area (Å²) in [6.07, 6.45) is -0.487. The maximum atomic E-state index is 11.3. The van der Waals surface area contributed by atoms with Gasteiger partial charge in [-0.3, -0.25) is 4.79 Å². The molecular formula is C11H22N2O4S. The number of thiol groups is 1. The fourth-order valence-corrected chi connectivity index (χ4v) is 1.02. The second kappa shape index (κ2) is 8.20. The van der Waals surface area contributed by atoms with Crippen molar-refractivity contribution < 1.29 is 19.1 Å². The maximum absolute atomic E-state index is 11.3. The number of rotatable bonds is 6. The van der Waals surface area contributed by atoms with E-state index in [1.54, 1.807) is 20.8 Å². The molecule has 0 rings (SSSR count). The fourth-order valence-electron chi connectivity index (χ4n) is 0.950. The van der Waals surface area contributed by atoms with Gasteiger partial charge in [-0.25, -0.2) is 4.79 Å². The van der Waals surface area contributed by atoms with Crippen LogP contribution in [0.2, 0.25) is 0 Å². The van der Waals surface area contributed by atoms with E-state index >= 15 is 0 Å².